The first-order chi connectivity index (χ1) is 16.2. The standard InChI is InChI=1S/C24H20ClF3N2O3S/c25-20-11-23(34(31,32)30-24-10-9-18(27)13-29-24)21(28)12-22(20)33-14-16-3-1-2-4-19(16)15-5-7-17(26)8-6-15/h4-13,16H,1-3,14H2,(H,29,30). The number of hydrogen-bond acceptors (Lipinski definition) is 4. The molecule has 0 fully saturated rings. The van der Waals surface area contributed by atoms with Gasteiger partial charge in [0.15, 0.2) is 0 Å². The van der Waals surface area contributed by atoms with E-state index in [0.29, 0.717) is 0 Å². The van der Waals surface area contributed by atoms with Crippen LogP contribution >= 0.6 is 11.6 Å². The maximum atomic E-state index is 14.8. The van der Waals surface area contributed by atoms with Crippen LogP contribution in [0.1, 0.15) is 24.8 Å². The summed E-state index contributed by atoms with van der Waals surface area (Å²) in [4.78, 5) is 2.91. The molecule has 1 aliphatic rings. The highest BCUT2D eigenvalue weighted by atomic mass is 35.5. The molecule has 1 aromatic heterocycles. The van der Waals surface area contributed by atoms with E-state index in [1.165, 1.54) is 12.1 Å². The van der Waals surface area contributed by atoms with Crippen molar-refractivity contribution in [1.82, 2.24) is 4.98 Å². The number of aromatic nitrogens is 1. The number of benzene rings is 2. The average Bonchev–Trinajstić information content (AvgIpc) is 2.81. The normalized spacial score (nSPS) is 16.1. The van der Waals surface area contributed by atoms with Gasteiger partial charge in [-0.2, -0.15) is 0 Å². The molecule has 0 saturated heterocycles. The molecular weight excluding hydrogens is 489 g/mol. The van der Waals surface area contributed by atoms with Gasteiger partial charge in [0.25, 0.3) is 10.0 Å². The molecule has 0 bridgehead atoms. The highest BCUT2D eigenvalue weighted by molar-refractivity contribution is 7.92. The van der Waals surface area contributed by atoms with Crippen molar-refractivity contribution in [3.05, 3.63) is 88.8 Å². The molecule has 1 unspecified atom stereocenters. The highest BCUT2D eigenvalue weighted by Gasteiger charge is 2.24. The second-order valence-electron chi connectivity index (χ2n) is 7.79. The molecule has 2 aromatic carbocycles. The number of pyridine rings is 1. The quantitative estimate of drug-likeness (QED) is 0.411. The predicted molar refractivity (Wildman–Crippen MR) is 124 cm³/mol. The van der Waals surface area contributed by atoms with Crippen molar-refractivity contribution in [1.29, 1.82) is 0 Å². The van der Waals surface area contributed by atoms with Crippen LogP contribution in [-0.4, -0.2) is 20.0 Å². The number of sulfonamides is 1. The van der Waals surface area contributed by atoms with E-state index in [1.807, 2.05) is 0 Å². The number of anilines is 1. The molecule has 34 heavy (non-hydrogen) atoms. The van der Waals surface area contributed by atoms with Crippen LogP contribution in [-0.2, 0) is 10.0 Å². The number of halogens is 4. The molecular formula is C24H20ClF3N2O3S. The Labute approximate surface area is 200 Å². The molecule has 0 amide bonds. The lowest BCUT2D eigenvalue weighted by atomic mass is 9.84. The minimum atomic E-state index is -4.37. The Morgan fingerprint density at radius 1 is 1.06 bits per heavy atom. The van der Waals surface area contributed by atoms with Crippen LogP contribution in [0.3, 0.4) is 0 Å². The van der Waals surface area contributed by atoms with Gasteiger partial charge in [0.1, 0.15) is 33.9 Å². The summed E-state index contributed by atoms with van der Waals surface area (Å²) in [7, 11) is -4.37. The Bertz CT molecular complexity index is 1310. The summed E-state index contributed by atoms with van der Waals surface area (Å²) < 4.78 is 74.1. The van der Waals surface area contributed by atoms with Crippen LogP contribution in [0.4, 0.5) is 19.0 Å². The molecule has 0 aliphatic heterocycles. The summed E-state index contributed by atoms with van der Waals surface area (Å²) >= 11 is 6.21. The van der Waals surface area contributed by atoms with E-state index >= 15 is 0 Å². The fourth-order valence-corrected chi connectivity index (χ4v) is 5.14. The summed E-state index contributed by atoms with van der Waals surface area (Å²) in [6.45, 7) is 0.187. The Balaban J connectivity index is 1.50. The summed E-state index contributed by atoms with van der Waals surface area (Å²) in [5.41, 5.74) is 1.90. The van der Waals surface area contributed by atoms with Crippen molar-refractivity contribution in [2.75, 3.05) is 11.3 Å². The van der Waals surface area contributed by atoms with Crippen LogP contribution in [0.15, 0.2) is 65.7 Å². The topological polar surface area (TPSA) is 68.3 Å². The molecule has 5 nitrogen and oxygen atoms in total. The molecule has 0 spiro atoms. The van der Waals surface area contributed by atoms with Crippen molar-refractivity contribution >= 4 is 33.0 Å². The third-order valence-electron chi connectivity index (χ3n) is 5.42. The Kier molecular flexibility index (Phi) is 7.13. The molecule has 1 N–H and O–H groups in total. The van der Waals surface area contributed by atoms with Gasteiger partial charge in [-0.05, 0) is 60.7 Å². The summed E-state index contributed by atoms with van der Waals surface area (Å²) in [5, 5.41) is -0.0861. The van der Waals surface area contributed by atoms with Gasteiger partial charge < -0.3 is 4.74 Å². The van der Waals surface area contributed by atoms with Gasteiger partial charge in [-0.3, -0.25) is 4.72 Å². The van der Waals surface area contributed by atoms with Gasteiger partial charge in [-0.1, -0.05) is 29.8 Å². The fraction of sp³-hybridized carbons (Fsp3) is 0.208. The third-order valence-corrected chi connectivity index (χ3v) is 7.09. The van der Waals surface area contributed by atoms with E-state index in [2.05, 4.69) is 15.8 Å². The molecule has 178 valence electrons. The van der Waals surface area contributed by atoms with Crippen molar-refractivity contribution in [2.24, 2.45) is 5.92 Å². The largest absolute Gasteiger partial charge is 0.491 e. The van der Waals surface area contributed by atoms with E-state index in [4.69, 9.17) is 16.3 Å². The van der Waals surface area contributed by atoms with Gasteiger partial charge >= 0.3 is 0 Å². The van der Waals surface area contributed by atoms with Gasteiger partial charge in [-0.15, -0.1) is 0 Å². The molecule has 3 aromatic rings. The third kappa shape index (κ3) is 5.53. The van der Waals surface area contributed by atoms with E-state index in [9.17, 15) is 21.6 Å². The van der Waals surface area contributed by atoms with Crippen molar-refractivity contribution in [3.8, 4) is 5.75 Å². The summed E-state index contributed by atoms with van der Waals surface area (Å²) in [6.07, 6.45) is 5.57. The number of hydrogen-bond donors (Lipinski definition) is 1. The number of allylic oxidation sites excluding steroid dienone is 1. The second kappa shape index (κ2) is 10.1. The lowest BCUT2D eigenvalue weighted by Gasteiger charge is -2.25. The van der Waals surface area contributed by atoms with Crippen LogP contribution in [0.5, 0.6) is 5.75 Å². The first-order valence-electron chi connectivity index (χ1n) is 10.4. The second-order valence-corrected chi connectivity index (χ2v) is 9.84. The van der Waals surface area contributed by atoms with E-state index in [0.717, 1.165) is 60.9 Å². The smallest absolute Gasteiger partial charge is 0.266 e. The van der Waals surface area contributed by atoms with E-state index in [-0.39, 0.29) is 34.9 Å². The van der Waals surface area contributed by atoms with Crippen molar-refractivity contribution < 1.29 is 26.3 Å². The SMILES string of the molecule is O=S(=O)(Nc1ccc(F)cn1)c1cc(Cl)c(OCC2CCCC=C2c2ccc(F)cc2)cc1F. The van der Waals surface area contributed by atoms with E-state index < -0.39 is 26.6 Å². The van der Waals surface area contributed by atoms with Crippen molar-refractivity contribution in [2.45, 2.75) is 24.2 Å². The summed E-state index contributed by atoms with van der Waals surface area (Å²) in [5.74, 6) is -2.22. The molecule has 1 heterocycles. The Morgan fingerprint density at radius 2 is 1.79 bits per heavy atom. The molecule has 0 radical (unpaired) electrons. The molecule has 1 aliphatic carbocycles. The van der Waals surface area contributed by atoms with Gasteiger partial charge in [0.05, 0.1) is 17.8 Å². The summed E-state index contributed by atoms with van der Waals surface area (Å²) in [6, 6.07) is 10.2. The maximum Gasteiger partial charge on any atom is 0.266 e. The Morgan fingerprint density at radius 3 is 2.50 bits per heavy atom. The monoisotopic (exact) mass is 508 g/mol. The number of nitrogens with one attached hydrogen (secondary N) is 1. The number of rotatable bonds is 7. The van der Waals surface area contributed by atoms with Gasteiger partial charge in [-0.25, -0.2) is 26.6 Å². The lowest BCUT2D eigenvalue weighted by molar-refractivity contribution is 0.267. The zero-order valence-corrected chi connectivity index (χ0v) is 19.3. The van der Waals surface area contributed by atoms with Crippen LogP contribution in [0.2, 0.25) is 5.02 Å². The minimum absolute atomic E-state index is 0.00190. The maximum absolute atomic E-state index is 14.8. The molecule has 1 atom stereocenters. The van der Waals surface area contributed by atoms with Gasteiger partial charge in [0.2, 0.25) is 0 Å². The number of ether oxygens (including phenoxy) is 1. The van der Waals surface area contributed by atoms with Crippen molar-refractivity contribution in [3.63, 3.8) is 0 Å². The fourth-order valence-electron chi connectivity index (χ4n) is 3.76. The predicted octanol–water partition coefficient (Wildman–Crippen LogP) is 6.22. The molecule has 0 saturated carbocycles. The molecule has 10 heteroatoms. The van der Waals surface area contributed by atoms with Crippen LogP contribution < -0.4 is 9.46 Å². The lowest BCUT2D eigenvalue weighted by Crippen LogP contribution is -2.18. The van der Waals surface area contributed by atoms with E-state index in [1.54, 1.807) is 12.1 Å². The first kappa shape index (κ1) is 24.1. The highest BCUT2D eigenvalue weighted by Crippen LogP contribution is 2.35. The molecule has 4 rings (SSSR count). The van der Waals surface area contributed by atoms with Crippen LogP contribution in [0.25, 0.3) is 5.57 Å². The minimum Gasteiger partial charge on any atom is -0.491 e. The zero-order valence-electron chi connectivity index (χ0n) is 17.8. The Hall–Kier alpha value is -3.04. The van der Waals surface area contributed by atoms with Gasteiger partial charge in [0, 0.05) is 12.0 Å². The zero-order chi connectivity index (χ0) is 24.3. The van der Waals surface area contributed by atoms with Crippen LogP contribution in [0, 0.1) is 23.4 Å². The first-order valence-corrected chi connectivity index (χ1v) is 12.3. The number of nitrogens with zero attached hydrogens (tertiary/aromatic N) is 1. The average molecular weight is 509 g/mol.